The third-order valence-electron chi connectivity index (χ3n) is 3.81. The number of rotatable bonds is 4. The first-order valence-corrected chi connectivity index (χ1v) is 6.60. The molecule has 0 saturated carbocycles. The highest BCUT2D eigenvalue weighted by Gasteiger charge is 2.28. The molecule has 0 aromatic carbocycles. The molecule has 1 amide bonds. The molecule has 0 radical (unpaired) electrons. The maximum absolute atomic E-state index is 12.3. The van der Waals surface area contributed by atoms with Crippen LogP contribution in [0.15, 0.2) is 0 Å². The Bertz CT molecular complexity index is 222. The van der Waals surface area contributed by atoms with Gasteiger partial charge in [0.05, 0.1) is 0 Å². The molecule has 2 atom stereocenters. The first-order valence-electron chi connectivity index (χ1n) is 6.60. The van der Waals surface area contributed by atoms with Gasteiger partial charge in [0.1, 0.15) is 0 Å². The van der Waals surface area contributed by atoms with Crippen LogP contribution in [0.25, 0.3) is 0 Å². The van der Waals surface area contributed by atoms with E-state index < -0.39 is 0 Å². The van der Waals surface area contributed by atoms with Gasteiger partial charge >= 0.3 is 0 Å². The second-order valence-electron chi connectivity index (χ2n) is 5.00. The van der Waals surface area contributed by atoms with E-state index in [0.29, 0.717) is 18.0 Å². The Balaban J connectivity index is 2.55. The third-order valence-corrected chi connectivity index (χ3v) is 3.81. The molecule has 2 unspecified atom stereocenters. The van der Waals surface area contributed by atoms with Crippen LogP contribution in [0.3, 0.4) is 0 Å². The standard InChI is InChI=1S/C13H26N2O/c1-5-12(6-2)15(4)13(16)11-7-8-14-10(3)9-11/h10-12,14H,5-9H2,1-4H3. The van der Waals surface area contributed by atoms with Crippen molar-refractivity contribution < 1.29 is 4.79 Å². The highest BCUT2D eigenvalue weighted by Crippen LogP contribution is 2.20. The predicted octanol–water partition coefficient (Wildman–Crippen LogP) is 2.02. The lowest BCUT2D eigenvalue weighted by Crippen LogP contribution is -2.45. The van der Waals surface area contributed by atoms with Crippen molar-refractivity contribution in [2.45, 2.75) is 58.5 Å². The summed E-state index contributed by atoms with van der Waals surface area (Å²) in [7, 11) is 1.96. The van der Waals surface area contributed by atoms with Gasteiger partial charge in [-0.3, -0.25) is 4.79 Å². The minimum atomic E-state index is 0.238. The Kier molecular flexibility index (Phi) is 5.26. The van der Waals surface area contributed by atoms with Crippen LogP contribution in [0.4, 0.5) is 0 Å². The summed E-state index contributed by atoms with van der Waals surface area (Å²) in [5, 5.41) is 3.39. The van der Waals surface area contributed by atoms with Crippen LogP contribution in [0.1, 0.15) is 46.5 Å². The molecule has 1 rings (SSSR count). The first kappa shape index (κ1) is 13.5. The van der Waals surface area contributed by atoms with E-state index in [0.717, 1.165) is 32.2 Å². The number of nitrogens with zero attached hydrogens (tertiary/aromatic N) is 1. The first-order chi connectivity index (χ1) is 7.60. The Morgan fingerprint density at radius 2 is 2.06 bits per heavy atom. The predicted molar refractivity (Wildman–Crippen MR) is 67.3 cm³/mol. The van der Waals surface area contributed by atoms with Crippen molar-refractivity contribution in [3.8, 4) is 0 Å². The van der Waals surface area contributed by atoms with Gasteiger partial charge in [-0.2, -0.15) is 0 Å². The van der Waals surface area contributed by atoms with Gasteiger partial charge in [-0.1, -0.05) is 13.8 Å². The minimum absolute atomic E-state index is 0.238. The van der Waals surface area contributed by atoms with E-state index in [4.69, 9.17) is 0 Å². The van der Waals surface area contributed by atoms with Gasteiger partial charge in [0.25, 0.3) is 0 Å². The Labute approximate surface area is 99.6 Å². The van der Waals surface area contributed by atoms with E-state index in [1.54, 1.807) is 0 Å². The SMILES string of the molecule is CCC(CC)N(C)C(=O)C1CCNC(C)C1. The smallest absolute Gasteiger partial charge is 0.225 e. The quantitative estimate of drug-likeness (QED) is 0.795. The lowest BCUT2D eigenvalue weighted by molar-refractivity contribution is -0.137. The molecular formula is C13H26N2O. The lowest BCUT2D eigenvalue weighted by atomic mass is 9.91. The summed E-state index contributed by atoms with van der Waals surface area (Å²) in [5.41, 5.74) is 0. The molecule has 0 aromatic heterocycles. The molecule has 0 aromatic rings. The Hall–Kier alpha value is -0.570. The number of carbonyl (C=O) groups is 1. The molecule has 1 fully saturated rings. The molecule has 1 N–H and O–H groups in total. The lowest BCUT2D eigenvalue weighted by Gasteiger charge is -2.33. The zero-order valence-corrected chi connectivity index (χ0v) is 11.1. The summed E-state index contributed by atoms with van der Waals surface area (Å²) in [6, 6.07) is 0.899. The van der Waals surface area contributed by atoms with Crippen LogP contribution in [0.2, 0.25) is 0 Å². The van der Waals surface area contributed by atoms with Crippen molar-refractivity contribution in [2.24, 2.45) is 5.92 Å². The molecule has 16 heavy (non-hydrogen) atoms. The van der Waals surface area contributed by atoms with Crippen molar-refractivity contribution in [1.82, 2.24) is 10.2 Å². The highest BCUT2D eigenvalue weighted by molar-refractivity contribution is 5.79. The highest BCUT2D eigenvalue weighted by atomic mass is 16.2. The van der Waals surface area contributed by atoms with E-state index in [-0.39, 0.29) is 5.92 Å². The number of amides is 1. The average molecular weight is 226 g/mol. The van der Waals surface area contributed by atoms with Crippen molar-refractivity contribution in [3.63, 3.8) is 0 Å². The van der Waals surface area contributed by atoms with Crippen LogP contribution < -0.4 is 5.32 Å². The van der Waals surface area contributed by atoms with Crippen molar-refractivity contribution in [2.75, 3.05) is 13.6 Å². The normalized spacial score (nSPS) is 25.8. The summed E-state index contributed by atoms with van der Waals surface area (Å²) >= 11 is 0. The van der Waals surface area contributed by atoms with E-state index in [1.165, 1.54) is 0 Å². The fourth-order valence-electron chi connectivity index (χ4n) is 2.66. The van der Waals surface area contributed by atoms with Gasteiger partial charge < -0.3 is 10.2 Å². The van der Waals surface area contributed by atoms with Gasteiger partial charge in [0, 0.05) is 25.0 Å². The molecule has 1 aliphatic rings. The summed E-state index contributed by atoms with van der Waals surface area (Å²) in [5.74, 6) is 0.587. The van der Waals surface area contributed by atoms with Gasteiger partial charge in [-0.15, -0.1) is 0 Å². The molecule has 94 valence electrons. The number of carbonyl (C=O) groups excluding carboxylic acids is 1. The topological polar surface area (TPSA) is 32.3 Å². The third kappa shape index (κ3) is 3.21. The number of piperidine rings is 1. The number of hydrogen-bond donors (Lipinski definition) is 1. The molecular weight excluding hydrogens is 200 g/mol. The molecule has 0 spiro atoms. The second-order valence-corrected chi connectivity index (χ2v) is 5.00. The van der Waals surface area contributed by atoms with E-state index in [9.17, 15) is 4.79 Å². The van der Waals surface area contributed by atoms with Crippen LogP contribution in [0.5, 0.6) is 0 Å². The molecule has 1 saturated heterocycles. The summed E-state index contributed by atoms with van der Waals surface area (Å²) in [6.45, 7) is 7.46. The molecule has 1 aliphatic heterocycles. The second kappa shape index (κ2) is 6.24. The average Bonchev–Trinajstić information content (AvgIpc) is 2.29. The number of hydrogen-bond acceptors (Lipinski definition) is 2. The summed E-state index contributed by atoms with van der Waals surface area (Å²) in [6.07, 6.45) is 4.09. The minimum Gasteiger partial charge on any atom is -0.343 e. The fourth-order valence-corrected chi connectivity index (χ4v) is 2.66. The molecule has 0 bridgehead atoms. The molecule has 3 nitrogen and oxygen atoms in total. The molecule has 1 heterocycles. The molecule has 3 heteroatoms. The summed E-state index contributed by atoms with van der Waals surface area (Å²) in [4.78, 5) is 14.3. The van der Waals surface area contributed by atoms with Gasteiger partial charge in [0.15, 0.2) is 0 Å². The van der Waals surface area contributed by atoms with Gasteiger partial charge in [0.2, 0.25) is 5.91 Å². The van der Waals surface area contributed by atoms with Crippen molar-refractivity contribution >= 4 is 5.91 Å². The maximum Gasteiger partial charge on any atom is 0.225 e. The van der Waals surface area contributed by atoms with Crippen LogP contribution in [0, 0.1) is 5.92 Å². The summed E-state index contributed by atoms with van der Waals surface area (Å²) < 4.78 is 0. The van der Waals surface area contributed by atoms with Gasteiger partial charge in [-0.05, 0) is 39.2 Å². The van der Waals surface area contributed by atoms with E-state index in [1.807, 2.05) is 11.9 Å². The fraction of sp³-hybridized carbons (Fsp3) is 0.923. The Morgan fingerprint density at radius 1 is 1.44 bits per heavy atom. The van der Waals surface area contributed by atoms with Crippen LogP contribution in [-0.2, 0) is 4.79 Å². The zero-order valence-electron chi connectivity index (χ0n) is 11.1. The number of nitrogens with one attached hydrogen (secondary N) is 1. The van der Waals surface area contributed by atoms with Crippen molar-refractivity contribution in [1.29, 1.82) is 0 Å². The Morgan fingerprint density at radius 3 is 2.56 bits per heavy atom. The van der Waals surface area contributed by atoms with Gasteiger partial charge in [-0.25, -0.2) is 0 Å². The van der Waals surface area contributed by atoms with E-state index >= 15 is 0 Å². The molecule has 0 aliphatic carbocycles. The zero-order chi connectivity index (χ0) is 12.1. The monoisotopic (exact) mass is 226 g/mol. The largest absolute Gasteiger partial charge is 0.343 e. The van der Waals surface area contributed by atoms with Crippen molar-refractivity contribution in [3.05, 3.63) is 0 Å². The maximum atomic E-state index is 12.3. The van der Waals surface area contributed by atoms with Crippen LogP contribution >= 0.6 is 0 Å². The van der Waals surface area contributed by atoms with E-state index in [2.05, 4.69) is 26.1 Å². The van der Waals surface area contributed by atoms with Crippen LogP contribution in [-0.4, -0.2) is 36.5 Å².